The molecule has 0 unspecified atom stereocenters. The van der Waals surface area contributed by atoms with E-state index in [0.29, 0.717) is 11.3 Å². The van der Waals surface area contributed by atoms with Gasteiger partial charge in [-0.2, -0.15) is 28.2 Å². The van der Waals surface area contributed by atoms with Crippen molar-refractivity contribution in [2.75, 3.05) is 0 Å². The Labute approximate surface area is 302 Å². The number of aryl methyl sites for hydroxylation is 1. The van der Waals surface area contributed by atoms with Crippen LogP contribution in [0.15, 0.2) is 149 Å². The lowest BCUT2D eigenvalue weighted by molar-refractivity contribution is 0.483. The number of hydrogen-bond donors (Lipinski definition) is 1. The third-order valence-corrected chi connectivity index (χ3v) is 9.92. The van der Waals surface area contributed by atoms with Crippen LogP contribution in [0.5, 0.6) is 0 Å². The average Bonchev–Trinajstić information content (AvgIpc) is 3.82. The third-order valence-electron chi connectivity index (χ3n) is 9.02. The molecule has 2 aromatic heterocycles. The van der Waals surface area contributed by atoms with E-state index in [4.69, 9.17) is 10.2 Å². The molecule has 0 amide bonds. The largest absolute Gasteiger partial charge is 0.295 e. The molecular weight excluding hydrogens is 685 g/mol. The van der Waals surface area contributed by atoms with Gasteiger partial charge in [0.25, 0.3) is 10.1 Å². The van der Waals surface area contributed by atoms with Crippen LogP contribution < -0.4 is 0 Å². The molecule has 0 saturated carbocycles. The zero-order valence-corrected chi connectivity index (χ0v) is 28.9. The molecule has 9 aromatic rings. The van der Waals surface area contributed by atoms with Crippen LogP contribution in [0.3, 0.4) is 0 Å². The number of aromatic nitrogens is 6. The lowest BCUT2D eigenvalue weighted by Gasteiger charge is -2.05. The van der Waals surface area contributed by atoms with Crippen molar-refractivity contribution >= 4 is 77.3 Å². The summed E-state index contributed by atoms with van der Waals surface area (Å²) in [5.41, 5.74) is 7.86. The Morgan fingerprint density at radius 1 is 0.585 bits per heavy atom. The van der Waals surface area contributed by atoms with Crippen LogP contribution >= 0.6 is 0 Å². The second kappa shape index (κ2) is 12.7. The molecule has 53 heavy (non-hydrogen) atoms. The Morgan fingerprint density at radius 2 is 1.19 bits per heavy atom. The summed E-state index contributed by atoms with van der Waals surface area (Å²) in [6.45, 7) is 2.06. The van der Waals surface area contributed by atoms with Crippen LogP contribution in [0.25, 0.3) is 67.1 Å². The van der Waals surface area contributed by atoms with E-state index in [9.17, 15) is 13.0 Å². The maximum atomic E-state index is 12.4. The first-order chi connectivity index (χ1) is 25.7. The van der Waals surface area contributed by atoms with Crippen molar-refractivity contribution in [2.45, 2.75) is 11.8 Å². The number of fused-ring (bicyclic) bond motifs is 6. The maximum absolute atomic E-state index is 12.4. The fourth-order valence-electron chi connectivity index (χ4n) is 6.32. The van der Waals surface area contributed by atoms with Crippen LogP contribution in [0, 0.1) is 6.92 Å². The van der Waals surface area contributed by atoms with Crippen LogP contribution in [0.1, 0.15) is 16.7 Å². The van der Waals surface area contributed by atoms with Gasteiger partial charge in [-0.05, 0) is 89.5 Å². The fourth-order valence-corrected chi connectivity index (χ4v) is 7.03. The van der Waals surface area contributed by atoms with E-state index < -0.39 is 10.1 Å². The molecule has 0 spiro atoms. The highest BCUT2D eigenvalue weighted by molar-refractivity contribution is 7.86. The van der Waals surface area contributed by atoms with Gasteiger partial charge in [0.2, 0.25) is 0 Å². The zero-order valence-electron chi connectivity index (χ0n) is 28.1. The first kappa shape index (κ1) is 32.0. The minimum absolute atomic E-state index is 0.261. The van der Waals surface area contributed by atoms with Gasteiger partial charge < -0.3 is 0 Å². The first-order valence-corrected chi connectivity index (χ1v) is 18.1. The topological polar surface area (TPSA) is 141 Å². The predicted molar refractivity (Wildman–Crippen MR) is 207 cm³/mol. The van der Waals surface area contributed by atoms with E-state index >= 15 is 0 Å². The zero-order chi connectivity index (χ0) is 36.1. The van der Waals surface area contributed by atoms with Crippen molar-refractivity contribution in [3.63, 3.8) is 0 Å². The van der Waals surface area contributed by atoms with Gasteiger partial charge >= 0.3 is 0 Å². The molecule has 9 rings (SSSR count). The third kappa shape index (κ3) is 6.22. The summed E-state index contributed by atoms with van der Waals surface area (Å²) < 4.78 is 34.8. The summed E-state index contributed by atoms with van der Waals surface area (Å²) in [7, 11) is -4.57. The molecule has 11 nitrogen and oxygen atoms in total. The van der Waals surface area contributed by atoms with Crippen molar-refractivity contribution in [1.82, 2.24) is 30.0 Å². The van der Waals surface area contributed by atoms with E-state index in [-0.39, 0.29) is 10.6 Å². The van der Waals surface area contributed by atoms with Gasteiger partial charge in [-0.1, -0.05) is 90.5 Å². The summed E-state index contributed by atoms with van der Waals surface area (Å²) in [6, 6.07) is 41.6. The molecule has 2 heterocycles. The Morgan fingerprint density at radius 3 is 1.89 bits per heavy atom. The molecule has 0 aliphatic rings. The van der Waals surface area contributed by atoms with E-state index in [0.717, 1.165) is 60.5 Å². The molecule has 0 aliphatic heterocycles. The molecule has 256 valence electrons. The monoisotopic (exact) mass is 712 g/mol. The molecule has 1 N–H and O–H groups in total. The Kier molecular flexibility index (Phi) is 7.68. The lowest BCUT2D eigenvalue weighted by Crippen LogP contribution is -2.00. The van der Waals surface area contributed by atoms with E-state index in [1.54, 1.807) is 46.0 Å². The first-order valence-electron chi connectivity index (χ1n) is 16.7. The summed E-state index contributed by atoms with van der Waals surface area (Å²) >= 11 is 0. The number of azo groups is 1. The highest BCUT2D eigenvalue weighted by Crippen LogP contribution is 2.29. The SMILES string of the molecule is Cc1ccc2c(ccc3nn(-c4ccc(N=Nc5ccc(C=Cc6ccc(-n7nc8ccc9ccccc9c8n7)cc6)c(S(=O)(=O)O)c5)cc4)nc32)c1. The predicted octanol–water partition coefficient (Wildman–Crippen LogP) is 9.60. The minimum atomic E-state index is -4.57. The van der Waals surface area contributed by atoms with E-state index in [1.807, 2.05) is 84.9 Å². The molecule has 7 aromatic carbocycles. The van der Waals surface area contributed by atoms with Crippen LogP contribution in [-0.4, -0.2) is 43.0 Å². The average molecular weight is 713 g/mol. The van der Waals surface area contributed by atoms with Gasteiger partial charge in [0.1, 0.15) is 27.0 Å². The van der Waals surface area contributed by atoms with Gasteiger partial charge in [0, 0.05) is 10.8 Å². The molecular formula is C41H28N8O3S. The normalized spacial score (nSPS) is 12.3. The highest BCUT2D eigenvalue weighted by Gasteiger charge is 2.16. The van der Waals surface area contributed by atoms with E-state index in [1.165, 1.54) is 11.6 Å². The van der Waals surface area contributed by atoms with Crippen molar-refractivity contribution in [3.8, 4) is 11.4 Å². The van der Waals surface area contributed by atoms with Gasteiger partial charge in [-0.3, -0.25) is 4.55 Å². The number of hydrogen-bond acceptors (Lipinski definition) is 8. The fraction of sp³-hybridized carbons (Fsp3) is 0.0244. The molecule has 0 aliphatic carbocycles. The quantitative estimate of drug-likeness (QED) is 0.0986. The van der Waals surface area contributed by atoms with Crippen molar-refractivity contribution in [1.29, 1.82) is 0 Å². The highest BCUT2D eigenvalue weighted by atomic mass is 32.2. The number of nitrogens with zero attached hydrogens (tertiary/aromatic N) is 8. The lowest BCUT2D eigenvalue weighted by atomic mass is 10.1. The standard InChI is InChI=1S/C41H28N8O3S/c1-26-6-21-36-30(24-26)13-23-38-41(36)47-49(45-38)34-19-15-31(16-20-34)42-43-32-14-11-29(39(25-32)53(50,51)52)10-7-27-8-17-33(18-9-27)48-44-37-22-12-28-4-2-3-5-35(28)40(37)46-48/h2-25H,1H3,(H,50,51,52). The van der Waals surface area contributed by atoms with Gasteiger partial charge in [0.05, 0.1) is 22.7 Å². The summed E-state index contributed by atoms with van der Waals surface area (Å²) in [4.78, 5) is 2.91. The van der Waals surface area contributed by atoms with Crippen molar-refractivity contribution < 1.29 is 13.0 Å². The maximum Gasteiger partial charge on any atom is 0.295 e. The molecule has 0 bridgehead atoms. The second-order valence-corrected chi connectivity index (χ2v) is 14.0. The van der Waals surface area contributed by atoms with Crippen molar-refractivity contribution in [3.05, 3.63) is 150 Å². The van der Waals surface area contributed by atoms with Gasteiger partial charge in [-0.15, -0.1) is 20.4 Å². The molecule has 0 saturated heterocycles. The summed E-state index contributed by atoms with van der Waals surface area (Å²) in [6.07, 6.45) is 3.39. The van der Waals surface area contributed by atoms with Crippen molar-refractivity contribution in [2.24, 2.45) is 10.2 Å². The number of benzene rings is 7. The molecule has 12 heteroatoms. The minimum Gasteiger partial charge on any atom is -0.282 e. The van der Waals surface area contributed by atoms with Crippen LogP contribution in [0.4, 0.5) is 11.4 Å². The van der Waals surface area contributed by atoms with Gasteiger partial charge in [0.15, 0.2) is 0 Å². The Balaban J connectivity index is 0.922. The molecule has 0 atom stereocenters. The Bertz CT molecular complexity index is 3040. The smallest absolute Gasteiger partial charge is 0.282 e. The molecule has 0 radical (unpaired) electrons. The number of rotatable bonds is 7. The summed E-state index contributed by atoms with van der Waals surface area (Å²) in [5, 5.41) is 31.5. The second-order valence-electron chi connectivity index (χ2n) is 12.6. The van der Waals surface area contributed by atoms with Crippen LogP contribution in [-0.2, 0) is 10.1 Å². The summed E-state index contributed by atoms with van der Waals surface area (Å²) in [5.74, 6) is 0. The van der Waals surface area contributed by atoms with E-state index in [2.05, 4.69) is 45.5 Å². The molecule has 0 fully saturated rings. The Hall–Kier alpha value is -6.89. The van der Waals surface area contributed by atoms with Gasteiger partial charge in [-0.25, -0.2) is 0 Å². The van der Waals surface area contributed by atoms with Crippen LogP contribution in [0.2, 0.25) is 0 Å².